The fourth-order valence-corrected chi connectivity index (χ4v) is 3.55. The second kappa shape index (κ2) is 9.80. The van der Waals surface area contributed by atoms with E-state index in [4.69, 9.17) is 20.8 Å². The molecule has 0 aliphatic heterocycles. The van der Waals surface area contributed by atoms with Crippen LogP contribution in [-0.2, 0) is 9.59 Å². The van der Waals surface area contributed by atoms with Crippen molar-refractivity contribution in [2.45, 2.75) is 13.8 Å². The van der Waals surface area contributed by atoms with E-state index >= 15 is 0 Å². The molecule has 2 N–H and O–H groups in total. The first-order chi connectivity index (χ1) is 16.3. The highest BCUT2D eigenvalue weighted by Crippen LogP contribution is 2.32. The summed E-state index contributed by atoms with van der Waals surface area (Å²) in [5.41, 5.74) is 2.49. The third-order valence-corrected chi connectivity index (χ3v) is 5.41. The number of carbonyl (C=O) groups excluding carboxylic acids is 2. The van der Waals surface area contributed by atoms with E-state index in [1.165, 1.54) is 13.0 Å². The van der Waals surface area contributed by atoms with E-state index in [1.54, 1.807) is 42.5 Å². The molecule has 0 radical (unpaired) electrons. The van der Waals surface area contributed by atoms with Crippen LogP contribution in [0.1, 0.15) is 12.5 Å². The van der Waals surface area contributed by atoms with Gasteiger partial charge in [-0.3, -0.25) is 14.4 Å². The minimum Gasteiger partial charge on any atom is -0.476 e. The number of aryl methyl sites for hydroxylation is 1. The first-order valence-electron chi connectivity index (χ1n) is 10.4. The van der Waals surface area contributed by atoms with Crippen molar-refractivity contribution in [3.05, 3.63) is 87.5 Å². The van der Waals surface area contributed by atoms with Gasteiger partial charge in [0, 0.05) is 28.9 Å². The monoisotopic (exact) mass is 476 g/mol. The number of nitrogens with one attached hydrogen (secondary N) is 2. The molecule has 4 aromatic rings. The van der Waals surface area contributed by atoms with Gasteiger partial charge in [0.25, 0.3) is 5.91 Å². The summed E-state index contributed by atoms with van der Waals surface area (Å²) in [6, 6.07) is 18.9. The topological polar surface area (TPSA) is 97.6 Å². The lowest BCUT2D eigenvalue weighted by Crippen LogP contribution is -2.22. The van der Waals surface area contributed by atoms with Crippen LogP contribution < -0.4 is 20.8 Å². The second-order valence-corrected chi connectivity index (χ2v) is 8.06. The Labute approximate surface area is 200 Å². The van der Waals surface area contributed by atoms with Crippen molar-refractivity contribution in [3.8, 4) is 17.1 Å². The second-order valence-electron chi connectivity index (χ2n) is 7.65. The van der Waals surface area contributed by atoms with E-state index in [1.807, 2.05) is 25.1 Å². The molecule has 7 nitrogen and oxygen atoms in total. The maximum Gasteiger partial charge on any atom is 0.262 e. The Bertz CT molecular complexity index is 1430. The maximum atomic E-state index is 13.3. The Morgan fingerprint density at radius 2 is 1.62 bits per heavy atom. The highest BCUT2D eigenvalue weighted by atomic mass is 35.5. The molecule has 0 saturated heterocycles. The summed E-state index contributed by atoms with van der Waals surface area (Å²) < 4.78 is 11.7. The number of anilines is 2. The molecular formula is C26H21ClN2O5. The Kier molecular flexibility index (Phi) is 6.65. The fraction of sp³-hybridized carbons (Fsp3) is 0.115. The molecule has 4 rings (SSSR count). The molecule has 0 atom stereocenters. The van der Waals surface area contributed by atoms with Crippen LogP contribution in [0.15, 0.2) is 75.9 Å². The standard InChI is InChI=1S/C26H21ClN2O5/c1-15-12-22-20(13-21(15)27)24(32)26(25(34-22)17-6-4-3-5-7-17)33-14-23(31)29-19-10-8-18(9-11-19)28-16(2)30/h3-13H,14H2,1-2H3,(H,28,30)(H,29,31). The molecule has 1 heterocycles. The van der Waals surface area contributed by atoms with E-state index in [-0.39, 0.29) is 22.8 Å². The molecule has 0 saturated carbocycles. The summed E-state index contributed by atoms with van der Waals surface area (Å²) in [7, 11) is 0. The van der Waals surface area contributed by atoms with Crippen LogP contribution in [0.3, 0.4) is 0 Å². The predicted octanol–water partition coefficient (Wildman–Crippen LogP) is 5.40. The highest BCUT2D eigenvalue weighted by Gasteiger charge is 2.19. The van der Waals surface area contributed by atoms with Gasteiger partial charge in [0.15, 0.2) is 12.4 Å². The number of hydrogen-bond donors (Lipinski definition) is 2. The SMILES string of the molecule is CC(=O)Nc1ccc(NC(=O)COc2c(-c3ccccc3)oc3cc(C)c(Cl)cc3c2=O)cc1. The number of carbonyl (C=O) groups is 2. The van der Waals surface area contributed by atoms with Crippen LogP contribution in [0.25, 0.3) is 22.3 Å². The molecule has 34 heavy (non-hydrogen) atoms. The minimum atomic E-state index is -0.465. The third-order valence-electron chi connectivity index (χ3n) is 5.00. The van der Waals surface area contributed by atoms with Gasteiger partial charge in [0.2, 0.25) is 17.1 Å². The average Bonchev–Trinajstić information content (AvgIpc) is 2.81. The summed E-state index contributed by atoms with van der Waals surface area (Å²) in [6.07, 6.45) is 0. The Morgan fingerprint density at radius 1 is 0.971 bits per heavy atom. The lowest BCUT2D eigenvalue weighted by atomic mass is 10.1. The predicted molar refractivity (Wildman–Crippen MR) is 133 cm³/mol. The van der Waals surface area contributed by atoms with Crippen molar-refractivity contribution in [1.29, 1.82) is 0 Å². The summed E-state index contributed by atoms with van der Waals surface area (Å²) in [5, 5.41) is 6.04. The molecule has 0 fully saturated rings. The van der Waals surface area contributed by atoms with E-state index < -0.39 is 17.9 Å². The first-order valence-corrected chi connectivity index (χ1v) is 10.8. The number of halogens is 1. The smallest absolute Gasteiger partial charge is 0.262 e. The molecule has 0 bridgehead atoms. The lowest BCUT2D eigenvalue weighted by molar-refractivity contribution is -0.118. The molecule has 2 amide bonds. The number of rotatable bonds is 6. The quantitative estimate of drug-likeness (QED) is 0.388. The van der Waals surface area contributed by atoms with Crippen molar-refractivity contribution < 1.29 is 18.7 Å². The molecule has 8 heteroatoms. The number of hydrogen-bond acceptors (Lipinski definition) is 5. The van der Waals surface area contributed by atoms with Gasteiger partial charge in [-0.05, 0) is 48.9 Å². The molecule has 0 aliphatic rings. The van der Waals surface area contributed by atoms with Crippen LogP contribution in [0.5, 0.6) is 5.75 Å². The number of ether oxygens (including phenoxy) is 1. The van der Waals surface area contributed by atoms with Crippen LogP contribution in [0.4, 0.5) is 11.4 Å². The number of fused-ring (bicyclic) bond motifs is 1. The van der Waals surface area contributed by atoms with Crippen molar-refractivity contribution >= 4 is 45.8 Å². The van der Waals surface area contributed by atoms with Crippen LogP contribution >= 0.6 is 11.6 Å². The van der Waals surface area contributed by atoms with Crippen molar-refractivity contribution in [2.75, 3.05) is 17.2 Å². The largest absolute Gasteiger partial charge is 0.476 e. The van der Waals surface area contributed by atoms with E-state index in [2.05, 4.69) is 10.6 Å². The molecule has 0 aliphatic carbocycles. The average molecular weight is 477 g/mol. The lowest BCUT2D eigenvalue weighted by Gasteiger charge is -2.13. The van der Waals surface area contributed by atoms with Crippen LogP contribution in [-0.4, -0.2) is 18.4 Å². The summed E-state index contributed by atoms with van der Waals surface area (Å²) >= 11 is 6.22. The van der Waals surface area contributed by atoms with Crippen molar-refractivity contribution in [1.82, 2.24) is 0 Å². The van der Waals surface area contributed by atoms with Gasteiger partial charge >= 0.3 is 0 Å². The molecule has 172 valence electrons. The fourth-order valence-electron chi connectivity index (χ4n) is 3.38. The number of benzene rings is 3. The van der Waals surface area contributed by atoms with Gasteiger partial charge < -0.3 is 19.8 Å². The Hall–Kier alpha value is -4.10. The summed E-state index contributed by atoms with van der Waals surface area (Å²) in [5.74, 6) is -0.500. The molecule has 0 spiro atoms. The van der Waals surface area contributed by atoms with Crippen LogP contribution in [0.2, 0.25) is 5.02 Å². The zero-order valence-electron chi connectivity index (χ0n) is 18.5. The van der Waals surface area contributed by atoms with Gasteiger partial charge in [0.1, 0.15) is 5.58 Å². The van der Waals surface area contributed by atoms with E-state index in [0.29, 0.717) is 27.5 Å². The van der Waals surface area contributed by atoms with Crippen molar-refractivity contribution in [2.24, 2.45) is 0 Å². The zero-order valence-corrected chi connectivity index (χ0v) is 19.2. The van der Waals surface area contributed by atoms with Gasteiger partial charge in [-0.1, -0.05) is 41.9 Å². The van der Waals surface area contributed by atoms with Gasteiger partial charge in [-0.15, -0.1) is 0 Å². The summed E-state index contributed by atoms with van der Waals surface area (Å²) in [6.45, 7) is 2.82. The zero-order chi connectivity index (χ0) is 24.2. The third kappa shape index (κ3) is 5.10. The maximum absolute atomic E-state index is 13.3. The normalized spacial score (nSPS) is 10.7. The minimum absolute atomic E-state index is 0.0743. The van der Waals surface area contributed by atoms with E-state index in [0.717, 1.165) is 5.56 Å². The summed E-state index contributed by atoms with van der Waals surface area (Å²) in [4.78, 5) is 36.9. The molecular weight excluding hydrogens is 456 g/mol. The molecule has 1 aromatic heterocycles. The van der Waals surface area contributed by atoms with Gasteiger partial charge in [-0.25, -0.2) is 0 Å². The van der Waals surface area contributed by atoms with Crippen molar-refractivity contribution in [3.63, 3.8) is 0 Å². The first kappa shape index (κ1) is 23.1. The van der Waals surface area contributed by atoms with Crippen LogP contribution in [0, 0.1) is 6.92 Å². The highest BCUT2D eigenvalue weighted by molar-refractivity contribution is 6.32. The molecule has 3 aromatic carbocycles. The van der Waals surface area contributed by atoms with Gasteiger partial charge in [-0.2, -0.15) is 0 Å². The van der Waals surface area contributed by atoms with Gasteiger partial charge in [0.05, 0.1) is 5.39 Å². The number of amides is 2. The Balaban J connectivity index is 1.61. The Morgan fingerprint density at radius 3 is 2.26 bits per heavy atom. The van der Waals surface area contributed by atoms with E-state index in [9.17, 15) is 14.4 Å². The molecule has 0 unspecified atom stereocenters.